The molecule has 1 atom stereocenters. The largest absolute Gasteiger partial charge is 0.384 e. The summed E-state index contributed by atoms with van der Waals surface area (Å²) >= 11 is 0. The van der Waals surface area contributed by atoms with Gasteiger partial charge in [0, 0.05) is 23.9 Å². The number of nitrogens with two attached hydrogens (primary N) is 1. The van der Waals surface area contributed by atoms with Gasteiger partial charge in [-0.1, -0.05) is 0 Å². The fourth-order valence-corrected chi connectivity index (χ4v) is 4.25. The van der Waals surface area contributed by atoms with E-state index in [2.05, 4.69) is 21.4 Å². The third-order valence-corrected chi connectivity index (χ3v) is 5.74. The van der Waals surface area contributed by atoms with Crippen LogP contribution in [0.3, 0.4) is 0 Å². The second-order valence-corrected chi connectivity index (χ2v) is 7.81. The minimum absolute atomic E-state index is 0.245. The van der Waals surface area contributed by atoms with Crippen molar-refractivity contribution in [1.29, 1.82) is 5.26 Å². The number of rotatable bonds is 4. The quantitative estimate of drug-likeness (QED) is 0.466. The van der Waals surface area contributed by atoms with Gasteiger partial charge in [0.1, 0.15) is 11.2 Å². The number of pyridine rings is 2. The summed E-state index contributed by atoms with van der Waals surface area (Å²) in [5, 5.41) is 18.9. The van der Waals surface area contributed by atoms with Crippen molar-refractivity contribution >= 4 is 39.1 Å². The highest BCUT2D eigenvalue weighted by molar-refractivity contribution is 5.92. The average molecular weight is 415 g/mol. The zero-order valence-corrected chi connectivity index (χ0v) is 16.8. The maximum atomic E-state index is 12.7. The third kappa shape index (κ3) is 3.27. The highest BCUT2D eigenvalue weighted by Crippen LogP contribution is 2.35. The molecule has 0 bridgehead atoms. The van der Waals surface area contributed by atoms with E-state index in [-0.39, 0.29) is 12.0 Å². The number of nitriles is 1. The Balaban J connectivity index is 1.63. The lowest BCUT2D eigenvalue weighted by atomic mass is 9.89. The Kier molecular flexibility index (Phi) is 4.56. The molecule has 4 aromatic rings. The molecule has 1 fully saturated rings. The maximum absolute atomic E-state index is 12.7. The lowest BCUT2D eigenvalue weighted by Crippen LogP contribution is -2.42. The van der Waals surface area contributed by atoms with Gasteiger partial charge in [0.25, 0.3) is 5.56 Å². The average Bonchev–Trinajstić information content (AvgIpc) is 3.15. The lowest BCUT2D eigenvalue weighted by molar-refractivity contribution is -0.00174. The van der Waals surface area contributed by atoms with Gasteiger partial charge in [-0.2, -0.15) is 10.4 Å². The molecule has 9 heteroatoms. The Morgan fingerprint density at radius 1 is 1.32 bits per heavy atom. The molecule has 4 heterocycles. The van der Waals surface area contributed by atoms with Gasteiger partial charge in [0.15, 0.2) is 5.82 Å². The highest BCUT2D eigenvalue weighted by atomic mass is 16.5. The van der Waals surface area contributed by atoms with Crippen LogP contribution in [0.2, 0.25) is 0 Å². The van der Waals surface area contributed by atoms with Crippen LogP contribution in [0.5, 0.6) is 0 Å². The van der Waals surface area contributed by atoms with Crippen molar-refractivity contribution in [3.8, 4) is 6.07 Å². The molecule has 1 saturated heterocycles. The van der Waals surface area contributed by atoms with Crippen LogP contribution in [0.4, 0.5) is 17.3 Å². The van der Waals surface area contributed by atoms with Gasteiger partial charge in [-0.15, -0.1) is 0 Å². The first-order valence-corrected chi connectivity index (χ1v) is 10.1. The Morgan fingerprint density at radius 2 is 2.23 bits per heavy atom. The molecule has 31 heavy (non-hydrogen) atoms. The van der Waals surface area contributed by atoms with Gasteiger partial charge in [-0.3, -0.25) is 9.48 Å². The number of H-pyrrole nitrogens is 1. The van der Waals surface area contributed by atoms with Gasteiger partial charge in [0.2, 0.25) is 0 Å². The zero-order valence-electron chi connectivity index (χ0n) is 16.8. The molecule has 3 aromatic heterocycles. The van der Waals surface area contributed by atoms with Crippen LogP contribution in [-0.4, -0.2) is 33.0 Å². The molecule has 0 unspecified atom stereocenters. The SMILES string of the molecule is N#CC[C@@]1(n2nc(Nc3ccc4nc(N)ccc4c3)c3c(=O)[nH]ccc32)CCCOC1. The summed E-state index contributed by atoms with van der Waals surface area (Å²) in [5.41, 5.74) is 7.13. The van der Waals surface area contributed by atoms with Crippen LogP contribution in [-0.2, 0) is 10.3 Å². The minimum atomic E-state index is -0.607. The topological polar surface area (TPSA) is 135 Å². The van der Waals surface area contributed by atoms with E-state index in [4.69, 9.17) is 15.6 Å². The van der Waals surface area contributed by atoms with E-state index in [0.29, 0.717) is 35.8 Å². The fourth-order valence-electron chi connectivity index (χ4n) is 4.25. The number of hydrogen-bond acceptors (Lipinski definition) is 7. The number of ether oxygens (including phenoxy) is 1. The van der Waals surface area contributed by atoms with E-state index in [9.17, 15) is 10.1 Å². The van der Waals surface area contributed by atoms with Crippen LogP contribution in [0.1, 0.15) is 19.3 Å². The van der Waals surface area contributed by atoms with Gasteiger partial charge in [-0.25, -0.2) is 4.98 Å². The maximum Gasteiger partial charge on any atom is 0.261 e. The first-order chi connectivity index (χ1) is 15.1. The third-order valence-electron chi connectivity index (χ3n) is 5.74. The molecule has 1 aromatic carbocycles. The number of hydrogen-bond donors (Lipinski definition) is 3. The Hall–Kier alpha value is -3.90. The van der Waals surface area contributed by atoms with Gasteiger partial charge in [-0.05, 0) is 49.2 Å². The van der Waals surface area contributed by atoms with Crippen molar-refractivity contribution in [3.63, 3.8) is 0 Å². The zero-order chi connectivity index (χ0) is 21.4. The van der Waals surface area contributed by atoms with Crippen LogP contribution in [0, 0.1) is 11.3 Å². The number of aromatic amines is 1. The molecular formula is C22H21N7O2. The molecule has 0 radical (unpaired) electrons. The molecule has 0 amide bonds. The molecule has 9 nitrogen and oxygen atoms in total. The fraction of sp³-hybridized carbons (Fsp3) is 0.273. The molecule has 156 valence electrons. The molecular weight excluding hydrogens is 394 g/mol. The molecule has 0 saturated carbocycles. The minimum Gasteiger partial charge on any atom is -0.384 e. The number of nitrogens with zero attached hydrogens (tertiary/aromatic N) is 4. The predicted molar refractivity (Wildman–Crippen MR) is 118 cm³/mol. The standard InChI is InChI=1S/C22H21N7O2/c23-9-8-22(7-1-11-31-13-22)29-17-6-10-25-21(30)19(17)20(28-29)26-15-3-4-16-14(12-15)2-5-18(24)27-16/h2-6,10,12H,1,7-8,11,13H2,(H2,24,27)(H,25,30)(H,26,28)/t22-/m0/s1. The Labute approximate surface area is 177 Å². The summed E-state index contributed by atoms with van der Waals surface area (Å²) < 4.78 is 7.52. The van der Waals surface area contributed by atoms with E-state index in [1.807, 2.05) is 30.3 Å². The number of benzene rings is 1. The Morgan fingerprint density at radius 3 is 3.03 bits per heavy atom. The monoisotopic (exact) mass is 415 g/mol. The summed E-state index contributed by atoms with van der Waals surface area (Å²) in [7, 11) is 0. The second kappa shape index (κ2) is 7.41. The van der Waals surface area contributed by atoms with Crippen molar-refractivity contribution in [2.24, 2.45) is 0 Å². The molecule has 5 rings (SSSR count). The first kappa shape index (κ1) is 19.1. The predicted octanol–water partition coefficient (Wildman–Crippen LogP) is 3.02. The summed E-state index contributed by atoms with van der Waals surface area (Å²) in [5.74, 6) is 0.893. The molecule has 0 spiro atoms. The van der Waals surface area contributed by atoms with Crippen molar-refractivity contribution < 1.29 is 4.74 Å². The van der Waals surface area contributed by atoms with E-state index in [1.165, 1.54) is 0 Å². The van der Waals surface area contributed by atoms with E-state index in [0.717, 1.165) is 29.4 Å². The summed E-state index contributed by atoms with van der Waals surface area (Å²) in [6.45, 7) is 1.04. The second-order valence-electron chi connectivity index (χ2n) is 7.81. The number of nitrogens with one attached hydrogen (secondary N) is 2. The smallest absolute Gasteiger partial charge is 0.261 e. The highest BCUT2D eigenvalue weighted by Gasteiger charge is 2.38. The Bertz CT molecular complexity index is 1380. The van der Waals surface area contributed by atoms with Crippen molar-refractivity contribution in [3.05, 3.63) is 52.9 Å². The van der Waals surface area contributed by atoms with Crippen molar-refractivity contribution in [1.82, 2.24) is 19.7 Å². The van der Waals surface area contributed by atoms with Gasteiger partial charge >= 0.3 is 0 Å². The van der Waals surface area contributed by atoms with Crippen LogP contribution < -0.4 is 16.6 Å². The number of anilines is 3. The van der Waals surface area contributed by atoms with E-state index < -0.39 is 5.54 Å². The van der Waals surface area contributed by atoms with Gasteiger partial charge in [0.05, 0.1) is 35.7 Å². The molecule has 4 N–H and O–H groups in total. The van der Waals surface area contributed by atoms with Crippen LogP contribution in [0.15, 0.2) is 47.4 Å². The van der Waals surface area contributed by atoms with E-state index in [1.54, 1.807) is 16.9 Å². The first-order valence-electron chi connectivity index (χ1n) is 10.1. The summed E-state index contributed by atoms with van der Waals surface area (Å²) in [4.78, 5) is 19.8. The van der Waals surface area contributed by atoms with Crippen molar-refractivity contribution in [2.75, 3.05) is 24.3 Å². The number of fused-ring (bicyclic) bond motifs is 2. The normalized spacial score (nSPS) is 18.8. The molecule has 0 aliphatic carbocycles. The molecule has 1 aliphatic heterocycles. The molecule has 1 aliphatic rings. The number of aromatic nitrogens is 4. The van der Waals surface area contributed by atoms with Crippen LogP contribution >= 0.6 is 0 Å². The number of nitrogen functional groups attached to an aromatic ring is 1. The van der Waals surface area contributed by atoms with Crippen LogP contribution in [0.25, 0.3) is 21.8 Å². The van der Waals surface area contributed by atoms with Crippen molar-refractivity contribution in [2.45, 2.75) is 24.8 Å². The lowest BCUT2D eigenvalue weighted by Gasteiger charge is -2.35. The summed E-state index contributed by atoms with van der Waals surface area (Å²) in [6, 6.07) is 13.4. The summed E-state index contributed by atoms with van der Waals surface area (Å²) in [6.07, 6.45) is 3.43. The van der Waals surface area contributed by atoms with Gasteiger partial charge < -0.3 is 20.8 Å². The van der Waals surface area contributed by atoms with E-state index >= 15 is 0 Å².